The quantitative estimate of drug-likeness (QED) is 0.851. The van der Waals surface area contributed by atoms with E-state index in [4.69, 9.17) is 15.2 Å². The van der Waals surface area contributed by atoms with Crippen molar-refractivity contribution in [1.82, 2.24) is 0 Å². The fourth-order valence-corrected chi connectivity index (χ4v) is 2.30. The molecule has 0 radical (unpaired) electrons. The summed E-state index contributed by atoms with van der Waals surface area (Å²) in [7, 11) is 1.67. The summed E-state index contributed by atoms with van der Waals surface area (Å²) in [6, 6.07) is 7.75. The number of rotatable bonds is 3. The molecule has 1 heterocycles. The van der Waals surface area contributed by atoms with E-state index in [0.717, 1.165) is 30.8 Å². The zero-order valence-corrected chi connectivity index (χ0v) is 9.90. The number of benzene rings is 1. The van der Waals surface area contributed by atoms with Crippen molar-refractivity contribution >= 4 is 0 Å². The third-order valence-electron chi connectivity index (χ3n) is 3.38. The Kier molecular flexibility index (Phi) is 3.17. The zero-order valence-electron chi connectivity index (χ0n) is 9.90. The topological polar surface area (TPSA) is 44.5 Å². The minimum atomic E-state index is -0.255. The van der Waals surface area contributed by atoms with E-state index in [-0.39, 0.29) is 11.6 Å². The molecule has 1 aromatic rings. The van der Waals surface area contributed by atoms with Gasteiger partial charge in [0.1, 0.15) is 5.75 Å². The molecule has 2 rings (SSSR count). The highest BCUT2D eigenvalue weighted by Crippen LogP contribution is 2.38. The van der Waals surface area contributed by atoms with Crippen molar-refractivity contribution in [3.8, 4) is 5.75 Å². The first-order chi connectivity index (χ1) is 7.67. The van der Waals surface area contributed by atoms with Crippen LogP contribution in [-0.4, -0.2) is 19.3 Å². The molecule has 3 nitrogen and oxygen atoms in total. The first-order valence-corrected chi connectivity index (χ1v) is 5.70. The summed E-state index contributed by atoms with van der Waals surface area (Å²) in [6.07, 6.45) is 2.09. The second-order valence-corrected chi connectivity index (χ2v) is 4.48. The predicted octanol–water partition coefficient (Wildman–Crippen LogP) is 2.26. The second-order valence-electron chi connectivity index (χ2n) is 4.48. The van der Waals surface area contributed by atoms with Crippen LogP contribution in [0.2, 0.25) is 0 Å². The van der Waals surface area contributed by atoms with Crippen molar-refractivity contribution in [3.05, 3.63) is 29.8 Å². The molecule has 1 aliphatic rings. The molecule has 0 aliphatic carbocycles. The van der Waals surface area contributed by atoms with E-state index in [1.807, 2.05) is 24.3 Å². The highest BCUT2D eigenvalue weighted by molar-refractivity contribution is 5.37. The van der Waals surface area contributed by atoms with Crippen molar-refractivity contribution in [2.75, 3.05) is 13.7 Å². The third-order valence-corrected chi connectivity index (χ3v) is 3.38. The average molecular weight is 221 g/mol. The van der Waals surface area contributed by atoms with Crippen molar-refractivity contribution < 1.29 is 9.47 Å². The van der Waals surface area contributed by atoms with Crippen molar-refractivity contribution in [3.63, 3.8) is 0 Å². The Bertz CT molecular complexity index is 359. The highest BCUT2D eigenvalue weighted by atomic mass is 16.5. The van der Waals surface area contributed by atoms with Crippen LogP contribution in [0.25, 0.3) is 0 Å². The summed E-state index contributed by atoms with van der Waals surface area (Å²) < 4.78 is 11.1. The Labute approximate surface area is 96.5 Å². The van der Waals surface area contributed by atoms with Crippen LogP contribution in [0.5, 0.6) is 5.75 Å². The summed E-state index contributed by atoms with van der Waals surface area (Å²) in [5.41, 5.74) is 7.07. The maximum atomic E-state index is 6.31. The van der Waals surface area contributed by atoms with Crippen molar-refractivity contribution in [2.45, 2.75) is 31.4 Å². The molecule has 16 heavy (non-hydrogen) atoms. The molecule has 1 aromatic carbocycles. The van der Waals surface area contributed by atoms with Gasteiger partial charge in [-0.3, -0.25) is 0 Å². The molecule has 0 aromatic heterocycles. The fourth-order valence-electron chi connectivity index (χ4n) is 2.30. The number of ether oxygens (including phenoxy) is 2. The van der Waals surface area contributed by atoms with Crippen LogP contribution < -0.4 is 10.5 Å². The summed E-state index contributed by atoms with van der Waals surface area (Å²) in [5, 5.41) is 0. The smallest absolute Gasteiger partial charge is 0.123 e. The lowest BCUT2D eigenvalue weighted by Gasteiger charge is -2.31. The Morgan fingerprint density at radius 2 is 2.19 bits per heavy atom. The van der Waals surface area contributed by atoms with Gasteiger partial charge in [-0.05, 0) is 25.8 Å². The van der Waals surface area contributed by atoms with Crippen LogP contribution in [0.1, 0.15) is 31.4 Å². The van der Waals surface area contributed by atoms with Crippen LogP contribution in [0.15, 0.2) is 24.3 Å². The van der Waals surface area contributed by atoms with E-state index in [0.29, 0.717) is 0 Å². The lowest BCUT2D eigenvalue weighted by molar-refractivity contribution is -0.00226. The predicted molar refractivity (Wildman–Crippen MR) is 63.5 cm³/mol. The monoisotopic (exact) mass is 221 g/mol. The minimum Gasteiger partial charge on any atom is -0.496 e. The van der Waals surface area contributed by atoms with Gasteiger partial charge in [0.2, 0.25) is 0 Å². The van der Waals surface area contributed by atoms with Gasteiger partial charge in [0, 0.05) is 12.2 Å². The summed E-state index contributed by atoms with van der Waals surface area (Å²) >= 11 is 0. The largest absolute Gasteiger partial charge is 0.496 e. The van der Waals surface area contributed by atoms with Crippen LogP contribution in [0.4, 0.5) is 0 Å². The van der Waals surface area contributed by atoms with Crippen LogP contribution in [-0.2, 0) is 4.74 Å². The standard InChI is InChI=1S/C13H19NO2/c1-13(8-5-9-16-13)12(14)10-6-3-4-7-11(10)15-2/h3-4,6-7,12H,5,8-9,14H2,1-2H3. The molecule has 0 bridgehead atoms. The Morgan fingerprint density at radius 1 is 1.44 bits per heavy atom. The van der Waals surface area contributed by atoms with E-state index < -0.39 is 0 Å². The van der Waals surface area contributed by atoms with E-state index in [9.17, 15) is 0 Å². The van der Waals surface area contributed by atoms with E-state index in [2.05, 4.69) is 6.92 Å². The van der Waals surface area contributed by atoms with Gasteiger partial charge in [0.05, 0.1) is 18.8 Å². The molecule has 3 heteroatoms. The molecule has 0 spiro atoms. The number of hydrogen-bond acceptors (Lipinski definition) is 3. The van der Waals surface area contributed by atoms with Gasteiger partial charge >= 0.3 is 0 Å². The first-order valence-electron chi connectivity index (χ1n) is 5.70. The lowest BCUT2D eigenvalue weighted by Crippen LogP contribution is -2.37. The highest BCUT2D eigenvalue weighted by Gasteiger charge is 2.38. The van der Waals surface area contributed by atoms with Crippen molar-refractivity contribution in [2.24, 2.45) is 5.73 Å². The molecular formula is C13H19NO2. The minimum absolute atomic E-state index is 0.133. The van der Waals surface area contributed by atoms with Crippen LogP contribution in [0.3, 0.4) is 0 Å². The van der Waals surface area contributed by atoms with Gasteiger partial charge in [-0.1, -0.05) is 18.2 Å². The third kappa shape index (κ3) is 1.93. The Balaban J connectivity index is 2.29. The van der Waals surface area contributed by atoms with E-state index in [1.165, 1.54) is 0 Å². The first kappa shape index (κ1) is 11.4. The molecule has 0 saturated carbocycles. The van der Waals surface area contributed by atoms with E-state index in [1.54, 1.807) is 7.11 Å². The zero-order chi connectivity index (χ0) is 11.6. The van der Waals surface area contributed by atoms with Gasteiger partial charge in [-0.15, -0.1) is 0 Å². The van der Waals surface area contributed by atoms with Gasteiger partial charge in [-0.25, -0.2) is 0 Å². The molecular weight excluding hydrogens is 202 g/mol. The molecule has 1 fully saturated rings. The van der Waals surface area contributed by atoms with E-state index >= 15 is 0 Å². The molecule has 0 amide bonds. The van der Waals surface area contributed by atoms with Crippen molar-refractivity contribution in [1.29, 1.82) is 0 Å². The average Bonchev–Trinajstić information content (AvgIpc) is 2.76. The second kappa shape index (κ2) is 4.44. The summed E-state index contributed by atoms with van der Waals surface area (Å²) in [5.74, 6) is 0.840. The van der Waals surface area contributed by atoms with Gasteiger partial charge in [0.15, 0.2) is 0 Å². The number of para-hydroxylation sites is 1. The fraction of sp³-hybridized carbons (Fsp3) is 0.538. The maximum Gasteiger partial charge on any atom is 0.123 e. The number of hydrogen-bond donors (Lipinski definition) is 1. The maximum absolute atomic E-state index is 6.31. The van der Waals surface area contributed by atoms with Gasteiger partial charge in [0.25, 0.3) is 0 Å². The Morgan fingerprint density at radius 3 is 2.81 bits per heavy atom. The molecule has 1 saturated heterocycles. The number of nitrogens with two attached hydrogens (primary N) is 1. The van der Waals surface area contributed by atoms with Crippen LogP contribution in [0, 0.1) is 0 Å². The van der Waals surface area contributed by atoms with Gasteiger partial charge < -0.3 is 15.2 Å². The Hall–Kier alpha value is -1.06. The molecule has 2 N–H and O–H groups in total. The summed E-state index contributed by atoms with van der Waals surface area (Å²) in [6.45, 7) is 2.89. The lowest BCUT2D eigenvalue weighted by atomic mass is 9.88. The summed E-state index contributed by atoms with van der Waals surface area (Å²) in [4.78, 5) is 0. The normalized spacial score (nSPS) is 26.7. The SMILES string of the molecule is COc1ccccc1C(N)C1(C)CCCO1. The molecule has 1 aliphatic heterocycles. The van der Waals surface area contributed by atoms with Gasteiger partial charge in [-0.2, -0.15) is 0 Å². The van der Waals surface area contributed by atoms with Crippen LogP contribution >= 0.6 is 0 Å². The number of methoxy groups -OCH3 is 1. The molecule has 88 valence electrons. The molecule has 2 unspecified atom stereocenters. The molecule has 2 atom stereocenters.